The third kappa shape index (κ3) is 3.61. The van der Waals surface area contributed by atoms with E-state index in [4.69, 9.17) is 9.47 Å². The van der Waals surface area contributed by atoms with Crippen molar-refractivity contribution in [1.82, 2.24) is 0 Å². The highest BCUT2D eigenvalue weighted by Crippen LogP contribution is 2.43. The summed E-state index contributed by atoms with van der Waals surface area (Å²) in [4.78, 5) is 28.0. The number of hydrogen-bond donors (Lipinski definition) is 1. The lowest BCUT2D eigenvalue weighted by Gasteiger charge is -2.26. The normalized spacial score (nSPS) is 19.0. The Morgan fingerprint density at radius 2 is 1.59 bits per heavy atom. The average Bonchev–Trinajstić information content (AvgIpc) is 3.41. The summed E-state index contributed by atoms with van der Waals surface area (Å²) >= 11 is 0. The summed E-state index contributed by atoms with van der Waals surface area (Å²) in [7, 11) is 0. The molecule has 1 saturated heterocycles. The van der Waals surface area contributed by atoms with Gasteiger partial charge in [-0.1, -0.05) is 63.2 Å². The topological polar surface area (TPSA) is 76.1 Å². The maximum atomic E-state index is 13.3. The number of para-hydroxylation sites is 1. The summed E-state index contributed by atoms with van der Waals surface area (Å²) in [5.41, 5.74) is 2.82. The second-order valence-electron chi connectivity index (χ2n) is 9.44. The lowest BCUT2D eigenvalue weighted by molar-refractivity contribution is -0.132. The molecular formula is C28H25NO5. The fourth-order valence-electron chi connectivity index (χ4n) is 4.37. The van der Waals surface area contributed by atoms with Gasteiger partial charge in [-0.3, -0.25) is 14.5 Å². The predicted octanol–water partition coefficient (Wildman–Crippen LogP) is 5.34. The van der Waals surface area contributed by atoms with E-state index >= 15 is 0 Å². The molecule has 3 aromatic rings. The number of rotatable bonds is 3. The van der Waals surface area contributed by atoms with Gasteiger partial charge in [0, 0.05) is 11.3 Å². The van der Waals surface area contributed by atoms with Crippen LogP contribution in [0.4, 0.5) is 5.69 Å². The second kappa shape index (κ2) is 8.06. The summed E-state index contributed by atoms with van der Waals surface area (Å²) in [6.07, 6.45) is 0. The number of ketones is 1. The second-order valence-corrected chi connectivity index (χ2v) is 9.44. The molecular weight excluding hydrogens is 430 g/mol. The zero-order chi connectivity index (χ0) is 24.0. The Balaban J connectivity index is 1.68. The van der Waals surface area contributed by atoms with Gasteiger partial charge in [0.25, 0.3) is 11.7 Å². The van der Waals surface area contributed by atoms with Crippen LogP contribution >= 0.6 is 0 Å². The van der Waals surface area contributed by atoms with Crippen molar-refractivity contribution in [2.45, 2.75) is 32.2 Å². The Labute approximate surface area is 198 Å². The van der Waals surface area contributed by atoms with E-state index in [9.17, 15) is 14.7 Å². The monoisotopic (exact) mass is 455 g/mol. The lowest BCUT2D eigenvalue weighted by atomic mass is 9.85. The Bertz CT molecular complexity index is 1300. The maximum Gasteiger partial charge on any atom is 0.300 e. The number of carbonyl (C=O) groups is 2. The van der Waals surface area contributed by atoms with E-state index in [2.05, 4.69) is 20.8 Å². The van der Waals surface area contributed by atoms with Gasteiger partial charge in [-0.15, -0.1) is 0 Å². The number of amides is 1. The van der Waals surface area contributed by atoms with Crippen LogP contribution in [0, 0.1) is 0 Å². The molecule has 0 bridgehead atoms. The van der Waals surface area contributed by atoms with Crippen LogP contribution in [0.1, 0.15) is 43.5 Å². The van der Waals surface area contributed by atoms with Crippen LogP contribution in [0.5, 0.6) is 11.5 Å². The van der Waals surface area contributed by atoms with Crippen molar-refractivity contribution >= 4 is 23.1 Å². The fraction of sp³-hybridized carbons (Fsp3) is 0.214. The Hall–Kier alpha value is -4.06. The van der Waals surface area contributed by atoms with Gasteiger partial charge in [0.2, 0.25) is 6.79 Å². The number of hydrogen-bond acceptors (Lipinski definition) is 5. The summed E-state index contributed by atoms with van der Waals surface area (Å²) in [5.74, 6) is -0.620. The first kappa shape index (κ1) is 21.8. The van der Waals surface area contributed by atoms with E-state index < -0.39 is 17.7 Å². The number of benzene rings is 3. The van der Waals surface area contributed by atoms with Gasteiger partial charge < -0.3 is 14.6 Å². The van der Waals surface area contributed by atoms with Gasteiger partial charge in [-0.2, -0.15) is 0 Å². The van der Waals surface area contributed by atoms with Crippen LogP contribution in [-0.2, 0) is 15.0 Å². The molecule has 0 saturated carbocycles. The number of anilines is 1. The van der Waals surface area contributed by atoms with E-state index in [0.717, 1.165) is 11.1 Å². The van der Waals surface area contributed by atoms with Crippen molar-refractivity contribution in [2.75, 3.05) is 11.7 Å². The summed E-state index contributed by atoms with van der Waals surface area (Å²) in [6, 6.07) is 21.0. The van der Waals surface area contributed by atoms with Crippen LogP contribution < -0.4 is 14.4 Å². The standard InChI is InChI=1S/C28H25NO5/c1-28(2,3)19-12-9-17(10-13-19)24-23(25(30)18-11-14-21-22(15-18)34-16-33-21)26(31)27(32)29(24)20-7-5-4-6-8-20/h4-15,24,30H,16H2,1-3H3/b25-23-. The van der Waals surface area contributed by atoms with Crippen LogP contribution in [0.25, 0.3) is 5.76 Å². The van der Waals surface area contributed by atoms with Crippen LogP contribution in [0.2, 0.25) is 0 Å². The molecule has 0 aliphatic carbocycles. The first-order valence-electron chi connectivity index (χ1n) is 11.1. The van der Waals surface area contributed by atoms with Gasteiger partial charge in [0.05, 0.1) is 11.6 Å². The van der Waals surface area contributed by atoms with E-state index in [1.807, 2.05) is 42.5 Å². The first-order chi connectivity index (χ1) is 16.3. The van der Waals surface area contributed by atoms with Crippen molar-refractivity contribution in [2.24, 2.45) is 0 Å². The molecule has 1 amide bonds. The molecule has 1 N–H and O–H groups in total. The summed E-state index contributed by atoms with van der Waals surface area (Å²) in [5, 5.41) is 11.3. The van der Waals surface area contributed by atoms with Crippen molar-refractivity contribution < 1.29 is 24.2 Å². The van der Waals surface area contributed by atoms with Crippen molar-refractivity contribution in [3.05, 3.63) is 95.1 Å². The quantitative estimate of drug-likeness (QED) is 0.328. The molecule has 2 aliphatic rings. The third-order valence-corrected chi connectivity index (χ3v) is 6.22. The minimum atomic E-state index is -0.776. The number of ether oxygens (including phenoxy) is 2. The van der Waals surface area contributed by atoms with Gasteiger partial charge >= 0.3 is 0 Å². The first-order valence-corrected chi connectivity index (χ1v) is 11.1. The largest absolute Gasteiger partial charge is 0.507 e. The van der Waals surface area contributed by atoms with E-state index in [1.54, 1.807) is 30.3 Å². The lowest BCUT2D eigenvalue weighted by Crippen LogP contribution is -2.29. The van der Waals surface area contributed by atoms with E-state index in [1.165, 1.54) is 4.90 Å². The highest BCUT2D eigenvalue weighted by atomic mass is 16.7. The minimum absolute atomic E-state index is 0.0382. The summed E-state index contributed by atoms with van der Waals surface area (Å²) in [6.45, 7) is 6.46. The van der Waals surface area contributed by atoms with Crippen LogP contribution in [0.15, 0.2) is 78.4 Å². The summed E-state index contributed by atoms with van der Waals surface area (Å²) < 4.78 is 10.8. The number of aliphatic hydroxyl groups excluding tert-OH is 1. The van der Waals surface area contributed by atoms with Gasteiger partial charge in [0.1, 0.15) is 5.76 Å². The molecule has 1 fully saturated rings. The molecule has 1 atom stereocenters. The molecule has 2 heterocycles. The van der Waals surface area contributed by atoms with Gasteiger partial charge in [-0.25, -0.2) is 0 Å². The molecule has 5 rings (SSSR count). The minimum Gasteiger partial charge on any atom is -0.507 e. The highest BCUT2D eigenvalue weighted by Gasteiger charge is 2.47. The number of nitrogens with zero attached hydrogens (tertiary/aromatic N) is 1. The highest BCUT2D eigenvalue weighted by molar-refractivity contribution is 6.51. The number of Topliss-reactive ketones (excluding diaryl/α,β-unsaturated/α-hetero) is 1. The molecule has 3 aromatic carbocycles. The molecule has 172 valence electrons. The molecule has 0 radical (unpaired) electrons. The number of aliphatic hydroxyl groups is 1. The molecule has 1 unspecified atom stereocenters. The van der Waals surface area contributed by atoms with Crippen LogP contribution in [-0.4, -0.2) is 23.6 Å². The Kier molecular flexibility index (Phi) is 5.16. The molecule has 6 nitrogen and oxygen atoms in total. The van der Waals surface area contributed by atoms with Gasteiger partial charge in [-0.05, 0) is 46.9 Å². The van der Waals surface area contributed by atoms with E-state index in [-0.39, 0.29) is 23.5 Å². The smallest absolute Gasteiger partial charge is 0.300 e. The third-order valence-electron chi connectivity index (χ3n) is 6.22. The zero-order valence-corrected chi connectivity index (χ0v) is 19.2. The zero-order valence-electron chi connectivity index (χ0n) is 19.2. The molecule has 2 aliphatic heterocycles. The molecule has 6 heteroatoms. The molecule has 0 aromatic heterocycles. The molecule has 0 spiro atoms. The predicted molar refractivity (Wildman–Crippen MR) is 129 cm³/mol. The Morgan fingerprint density at radius 3 is 2.26 bits per heavy atom. The Morgan fingerprint density at radius 1 is 0.912 bits per heavy atom. The molecule has 34 heavy (non-hydrogen) atoms. The van der Waals surface area contributed by atoms with E-state index in [0.29, 0.717) is 22.7 Å². The number of fused-ring (bicyclic) bond motifs is 1. The SMILES string of the molecule is CC(C)(C)c1ccc(C2/C(=C(/O)c3ccc4c(c3)OCO4)C(=O)C(=O)N2c2ccccc2)cc1. The average molecular weight is 456 g/mol. The van der Waals surface area contributed by atoms with Crippen molar-refractivity contribution in [3.63, 3.8) is 0 Å². The number of carbonyl (C=O) groups excluding carboxylic acids is 2. The van der Waals surface area contributed by atoms with Crippen molar-refractivity contribution in [3.8, 4) is 11.5 Å². The fourth-order valence-corrected chi connectivity index (χ4v) is 4.37. The van der Waals surface area contributed by atoms with Crippen LogP contribution in [0.3, 0.4) is 0 Å². The van der Waals surface area contributed by atoms with Gasteiger partial charge in [0.15, 0.2) is 11.5 Å². The van der Waals surface area contributed by atoms with Crippen molar-refractivity contribution in [1.29, 1.82) is 0 Å². The maximum absolute atomic E-state index is 13.3.